The van der Waals surface area contributed by atoms with E-state index in [4.69, 9.17) is 0 Å². The van der Waals surface area contributed by atoms with Gasteiger partial charge in [0.25, 0.3) is 0 Å². The molecule has 0 aromatic heterocycles. The van der Waals surface area contributed by atoms with Gasteiger partial charge in [0, 0.05) is 12.3 Å². The van der Waals surface area contributed by atoms with Crippen molar-refractivity contribution in [2.24, 2.45) is 27.6 Å². The summed E-state index contributed by atoms with van der Waals surface area (Å²) in [5, 5.41) is 31.2. The number of rotatable bonds is 2. The molecule has 37 heavy (non-hydrogen) atoms. The van der Waals surface area contributed by atoms with E-state index in [0.29, 0.717) is 12.0 Å². The summed E-state index contributed by atoms with van der Waals surface area (Å²) in [6.45, 7) is 14.8. The summed E-state index contributed by atoms with van der Waals surface area (Å²) < 4.78 is 0. The van der Waals surface area contributed by atoms with E-state index in [1.807, 2.05) is 13.8 Å². The number of thioether (sulfide) groups is 1. The van der Waals surface area contributed by atoms with Gasteiger partial charge in [-0.05, 0) is 104 Å². The second-order valence-corrected chi connectivity index (χ2v) is 15.1. The predicted molar refractivity (Wildman–Crippen MR) is 147 cm³/mol. The molecular weight excluding hydrogens is 484 g/mol. The first-order valence-electron chi connectivity index (χ1n) is 13.7. The maximum Gasteiger partial charge on any atom is 0.309 e. The molecule has 0 radical (unpaired) electrons. The summed E-state index contributed by atoms with van der Waals surface area (Å²) in [6.07, 6.45) is 8.62. The van der Waals surface area contributed by atoms with Crippen LogP contribution in [0.2, 0.25) is 0 Å². The summed E-state index contributed by atoms with van der Waals surface area (Å²) in [4.78, 5) is 24.7. The van der Waals surface area contributed by atoms with Gasteiger partial charge in [-0.2, -0.15) is 0 Å². The Balaban J connectivity index is 1.70. The molecule has 4 aliphatic rings. The summed E-state index contributed by atoms with van der Waals surface area (Å²) >= 11 is 1.28. The first kappa shape index (κ1) is 26.6. The molecule has 0 amide bonds. The van der Waals surface area contributed by atoms with E-state index in [9.17, 15) is 24.9 Å². The van der Waals surface area contributed by atoms with Gasteiger partial charge < -0.3 is 15.3 Å². The van der Waals surface area contributed by atoms with Crippen LogP contribution in [0.3, 0.4) is 0 Å². The number of aromatic hydroxyl groups is 2. The third kappa shape index (κ3) is 3.43. The fraction of sp³-hybridized carbons (Fsp3) is 0.677. The lowest BCUT2D eigenvalue weighted by Crippen LogP contribution is -2.62. The summed E-state index contributed by atoms with van der Waals surface area (Å²) in [7, 11) is 0. The number of carboxylic acids is 1. The average molecular weight is 527 g/mol. The van der Waals surface area contributed by atoms with Gasteiger partial charge in [-0.15, -0.1) is 0 Å². The summed E-state index contributed by atoms with van der Waals surface area (Å²) in [5.74, 6) is -0.608. The van der Waals surface area contributed by atoms with Crippen molar-refractivity contribution in [1.29, 1.82) is 0 Å². The van der Waals surface area contributed by atoms with Crippen LogP contribution in [-0.4, -0.2) is 26.4 Å². The Morgan fingerprint density at radius 2 is 1.62 bits per heavy atom. The van der Waals surface area contributed by atoms with E-state index >= 15 is 0 Å². The van der Waals surface area contributed by atoms with Crippen LogP contribution in [0.4, 0.5) is 0 Å². The molecule has 0 saturated heterocycles. The largest absolute Gasteiger partial charge is 0.504 e. The first-order valence-corrected chi connectivity index (χ1v) is 14.6. The SMILES string of the molecule is CC(=O)SC1C=C2[C@@](C)(CC[C@@]3(C)[C@@H]4C[C@](C)(C(=O)O)CC[C@]4(C)CC[C@]23C)c2cc(O)c(O)c(C)c21. The Morgan fingerprint density at radius 3 is 2.24 bits per heavy atom. The second kappa shape index (κ2) is 8.03. The van der Waals surface area contributed by atoms with Gasteiger partial charge in [0.15, 0.2) is 16.6 Å². The molecule has 1 aromatic carbocycles. The van der Waals surface area contributed by atoms with Crippen LogP contribution in [0, 0.1) is 34.5 Å². The number of carbonyl (C=O) groups excluding carboxylic acids is 1. The Kier molecular flexibility index (Phi) is 5.78. The van der Waals surface area contributed by atoms with Crippen molar-refractivity contribution in [3.8, 4) is 11.5 Å². The fourth-order valence-electron chi connectivity index (χ4n) is 9.16. The van der Waals surface area contributed by atoms with Crippen LogP contribution < -0.4 is 0 Å². The highest BCUT2D eigenvalue weighted by molar-refractivity contribution is 8.13. The number of benzene rings is 1. The minimum absolute atomic E-state index is 0.0211. The maximum atomic E-state index is 12.4. The quantitative estimate of drug-likeness (QED) is 0.274. The van der Waals surface area contributed by atoms with Crippen molar-refractivity contribution >= 4 is 22.8 Å². The molecule has 5 nitrogen and oxygen atoms in total. The molecule has 5 rings (SSSR count). The molecule has 0 heterocycles. The number of phenolic OH excluding ortho intramolecular Hbond substituents is 2. The normalized spacial score (nSPS) is 42.5. The van der Waals surface area contributed by atoms with Gasteiger partial charge in [0.05, 0.1) is 10.7 Å². The number of aliphatic carboxylic acids is 1. The fourth-order valence-corrected chi connectivity index (χ4v) is 10.1. The standard InChI is InChI=1S/C31H42O5S/c1-17-24-19(14-20(33)25(17)34)29(5)11-13-31(7)23-16-28(4,26(35)36)9-8-27(23,3)10-12-30(31,6)22(29)15-21(24)37-18(2)32/h14-15,21,23,33-34H,8-13,16H2,1-7H3,(H,35,36)/t21?,23-,27-,28-,29+,30-,31+/m1/s1. The number of carbonyl (C=O) groups is 2. The molecule has 3 N–H and O–H groups in total. The molecule has 6 heteroatoms. The second-order valence-electron chi connectivity index (χ2n) is 13.8. The minimum atomic E-state index is -0.701. The average Bonchev–Trinajstić information content (AvgIpc) is 2.81. The van der Waals surface area contributed by atoms with Crippen molar-refractivity contribution in [3.63, 3.8) is 0 Å². The summed E-state index contributed by atoms with van der Waals surface area (Å²) in [5.41, 5.74) is 2.78. The van der Waals surface area contributed by atoms with E-state index in [2.05, 4.69) is 33.8 Å². The monoisotopic (exact) mass is 526 g/mol. The van der Waals surface area contributed by atoms with E-state index in [0.717, 1.165) is 49.7 Å². The molecular formula is C31H42O5S. The van der Waals surface area contributed by atoms with Crippen molar-refractivity contribution in [1.82, 2.24) is 0 Å². The van der Waals surface area contributed by atoms with E-state index in [1.54, 1.807) is 13.0 Å². The zero-order valence-electron chi connectivity index (χ0n) is 23.3. The topological polar surface area (TPSA) is 94.8 Å². The van der Waals surface area contributed by atoms with Crippen molar-refractivity contribution in [2.75, 3.05) is 0 Å². The third-order valence-electron chi connectivity index (χ3n) is 11.9. The van der Waals surface area contributed by atoms with Crippen LogP contribution in [-0.2, 0) is 15.0 Å². The van der Waals surface area contributed by atoms with Gasteiger partial charge in [-0.3, -0.25) is 9.59 Å². The van der Waals surface area contributed by atoms with Gasteiger partial charge >= 0.3 is 5.97 Å². The Morgan fingerprint density at radius 1 is 0.973 bits per heavy atom. The Bertz CT molecular complexity index is 1240. The molecule has 4 aliphatic carbocycles. The van der Waals surface area contributed by atoms with E-state index < -0.39 is 11.4 Å². The van der Waals surface area contributed by atoms with E-state index in [1.165, 1.54) is 17.3 Å². The zero-order valence-corrected chi connectivity index (χ0v) is 24.1. The molecule has 202 valence electrons. The highest BCUT2D eigenvalue weighted by Gasteiger charge is 2.67. The predicted octanol–water partition coefficient (Wildman–Crippen LogP) is 7.42. The maximum absolute atomic E-state index is 12.4. The van der Waals surface area contributed by atoms with Gasteiger partial charge in [-0.1, -0.05) is 51.1 Å². The summed E-state index contributed by atoms with van der Waals surface area (Å²) in [6, 6.07) is 1.74. The molecule has 0 aliphatic heterocycles. The number of fused-ring (bicyclic) bond motifs is 7. The zero-order chi connectivity index (χ0) is 27.3. The Hall–Kier alpha value is -1.95. The van der Waals surface area contributed by atoms with Gasteiger partial charge in [0.2, 0.25) is 0 Å². The van der Waals surface area contributed by atoms with Crippen LogP contribution in [0.15, 0.2) is 17.7 Å². The molecule has 1 unspecified atom stereocenters. The van der Waals surface area contributed by atoms with Crippen molar-refractivity contribution < 1.29 is 24.9 Å². The van der Waals surface area contributed by atoms with Crippen LogP contribution in [0.5, 0.6) is 11.5 Å². The third-order valence-corrected chi connectivity index (χ3v) is 12.8. The lowest BCUT2D eigenvalue weighted by Gasteiger charge is -2.70. The molecule has 0 spiro atoms. The van der Waals surface area contributed by atoms with Crippen molar-refractivity contribution in [3.05, 3.63) is 34.4 Å². The van der Waals surface area contributed by atoms with Gasteiger partial charge in [0.1, 0.15) is 0 Å². The number of hydrogen-bond donors (Lipinski definition) is 3. The minimum Gasteiger partial charge on any atom is -0.504 e. The number of allylic oxidation sites excluding steroid dienone is 1. The van der Waals surface area contributed by atoms with Crippen LogP contribution >= 0.6 is 11.8 Å². The van der Waals surface area contributed by atoms with Crippen LogP contribution in [0.1, 0.15) is 108 Å². The molecule has 3 fully saturated rings. The number of carboxylic acid groups (broad SMARTS) is 1. The molecule has 1 aromatic rings. The highest BCUT2D eigenvalue weighted by atomic mass is 32.2. The lowest BCUT2D eigenvalue weighted by molar-refractivity contribution is -0.177. The highest BCUT2D eigenvalue weighted by Crippen LogP contribution is 2.75. The van der Waals surface area contributed by atoms with E-state index in [-0.39, 0.29) is 49.4 Å². The number of phenols is 2. The smallest absolute Gasteiger partial charge is 0.309 e. The number of hydrogen-bond acceptors (Lipinski definition) is 5. The van der Waals surface area contributed by atoms with Crippen LogP contribution in [0.25, 0.3) is 0 Å². The lowest BCUT2D eigenvalue weighted by atomic mass is 9.34. The molecule has 7 atom stereocenters. The van der Waals surface area contributed by atoms with Crippen molar-refractivity contribution in [2.45, 2.75) is 104 Å². The first-order chi connectivity index (χ1) is 17.0. The van der Waals surface area contributed by atoms with Gasteiger partial charge in [-0.25, -0.2) is 0 Å². The molecule has 3 saturated carbocycles. The molecule has 0 bridgehead atoms. The Labute approximate surface area is 225 Å².